The second kappa shape index (κ2) is 8.45. The first-order valence-corrected chi connectivity index (χ1v) is 12.0. The van der Waals surface area contributed by atoms with E-state index in [4.69, 9.17) is 9.47 Å². The first-order chi connectivity index (χ1) is 14.7. The lowest BCUT2D eigenvalue weighted by Gasteiger charge is -2.17. The van der Waals surface area contributed by atoms with Crippen LogP contribution in [0.2, 0.25) is 0 Å². The van der Waals surface area contributed by atoms with Gasteiger partial charge in [-0.1, -0.05) is 17.4 Å². The van der Waals surface area contributed by atoms with Crippen LogP contribution < -0.4 is 14.8 Å². The van der Waals surface area contributed by atoms with Gasteiger partial charge in [0.1, 0.15) is 0 Å². The molecule has 1 aliphatic heterocycles. The number of carbonyl (C=O) groups is 1. The number of hydrogen-bond acceptors (Lipinski definition) is 7. The topological polar surface area (TPSA) is 97.8 Å². The highest BCUT2D eigenvalue weighted by Gasteiger charge is 2.25. The third-order valence-electron chi connectivity index (χ3n) is 4.87. The van der Waals surface area contributed by atoms with Crippen LogP contribution in [-0.2, 0) is 14.8 Å². The number of hydrogen-bond donors (Lipinski definition) is 1. The molecule has 8 nitrogen and oxygen atoms in total. The van der Waals surface area contributed by atoms with Crippen molar-refractivity contribution < 1.29 is 22.7 Å². The Kier molecular flexibility index (Phi) is 5.87. The molecule has 164 valence electrons. The average Bonchev–Trinajstić information content (AvgIpc) is 2.95. The van der Waals surface area contributed by atoms with Crippen LogP contribution in [0.3, 0.4) is 0 Å². The zero-order chi connectivity index (χ0) is 22.2. The maximum absolute atomic E-state index is 13.0. The zero-order valence-corrected chi connectivity index (χ0v) is 19.1. The lowest BCUT2D eigenvalue weighted by molar-refractivity contribution is -0.116. The summed E-state index contributed by atoms with van der Waals surface area (Å²) in [6.07, 6.45) is 0.724. The summed E-state index contributed by atoms with van der Waals surface area (Å²) < 4.78 is 39.0. The van der Waals surface area contributed by atoms with Gasteiger partial charge in [-0.3, -0.25) is 4.79 Å². The Morgan fingerprint density at radius 2 is 1.90 bits per heavy atom. The van der Waals surface area contributed by atoms with Gasteiger partial charge in [0.05, 0.1) is 34.9 Å². The quantitative estimate of drug-likeness (QED) is 0.626. The van der Waals surface area contributed by atoms with Crippen LogP contribution in [0.4, 0.5) is 5.13 Å². The third-order valence-corrected chi connectivity index (χ3v) is 7.59. The van der Waals surface area contributed by atoms with Crippen molar-refractivity contribution in [1.82, 2.24) is 9.29 Å². The number of rotatable bonds is 5. The SMILES string of the molecule is Cc1cc(C)c2nc(NC(=O)CN(C)S(=O)(=O)c3ccc4c(c3)OCCCO4)sc2c1. The van der Waals surface area contributed by atoms with E-state index in [1.807, 2.05) is 26.0 Å². The number of aryl methyl sites for hydroxylation is 2. The number of anilines is 1. The number of nitrogens with one attached hydrogen (secondary N) is 1. The first-order valence-electron chi connectivity index (χ1n) is 9.77. The molecule has 0 saturated carbocycles. The Balaban J connectivity index is 1.48. The predicted octanol–water partition coefficient (Wildman–Crippen LogP) is 3.33. The van der Waals surface area contributed by atoms with Gasteiger partial charge < -0.3 is 14.8 Å². The van der Waals surface area contributed by atoms with Gasteiger partial charge >= 0.3 is 0 Å². The number of carbonyl (C=O) groups excluding carboxylic acids is 1. The van der Waals surface area contributed by atoms with Crippen LogP contribution in [-0.4, -0.2) is 50.4 Å². The number of fused-ring (bicyclic) bond motifs is 2. The van der Waals surface area contributed by atoms with E-state index in [1.54, 1.807) is 6.07 Å². The summed E-state index contributed by atoms with van der Waals surface area (Å²) in [5, 5.41) is 3.15. The monoisotopic (exact) mass is 461 g/mol. The molecular formula is C21H23N3O5S2. The Bertz CT molecular complexity index is 1250. The van der Waals surface area contributed by atoms with Crippen LogP contribution in [0.25, 0.3) is 10.2 Å². The number of likely N-dealkylation sites (N-methyl/N-ethyl adjacent to an activating group) is 1. The molecule has 0 spiro atoms. The molecule has 0 radical (unpaired) electrons. The Labute approximate surface area is 184 Å². The van der Waals surface area contributed by atoms with Crippen molar-refractivity contribution >= 4 is 42.6 Å². The molecule has 0 aliphatic carbocycles. The van der Waals surface area contributed by atoms with E-state index in [-0.39, 0.29) is 11.4 Å². The maximum atomic E-state index is 13.0. The molecule has 1 aliphatic rings. The summed E-state index contributed by atoms with van der Waals surface area (Å²) in [6, 6.07) is 8.51. The van der Waals surface area contributed by atoms with Crippen molar-refractivity contribution in [3.8, 4) is 11.5 Å². The molecule has 10 heteroatoms. The summed E-state index contributed by atoms with van der Waals surface area (Å²) in [6.45, 7) is 4.60. The summed E-state index contributed by atoms with van der Waals surface area (Å²) >= 11 is 1.36. The number of sulfonamides is 1. The normalized spacial score (nSPS) is 13.9. The number of amides is 1. The smallest absolute Gasteiger partial charge is 0.243 e. The van der Waals surface area contributed by atoms with Crippen molar-refractivity contribution in [2.75, 3.05) is 32.1 Å². The Hall–Kier alpha value is -2.69. The van der Waals surface area contributed by atoms with E-state index in [9.17, 15) is 13.2 Å². The van der Waals surface area contributed by atoms with Gasteiger partial charge in [0.15, 0.2) is 16.6 Å². The highest BCUT2D eigenvalue weighted by atomic mass is 32.2. The van der Waals surface area contributed by atoms with E-state index >= 15 is 0 Å². The van der Waals surface area contributed by atoms with Gasteiger partial charge in [-0.2, -0.15) is 4.31 Å². The molecule has 0 saturated heterocycles. The molecule has 2 heterocycles. The van der Waals surface area contributed by atoms with Crippen molar-refractivity contribution in [2.45, 2.75) is 25.2 Å². The van der Waals surface area contributed by atoms with E-state index < -0.39 is 15.9 Å². The van der Waals surface area contributed by atoms with Gasteiger partial charge in [-0.25, -0.2) is 13.4 Å². The highest BCUT2D eigenvalue weighted by molar-refractivity contribution is 7.89. The van der Waals surface area contributed by atoms with Gasteiger partial charge in [-0.05, 0) is 43.2 Å². The number of nitrogens with zero attached hydrogens (tertiary/aromatic N) is 2. The molecule has 1 N–H and O–H groups in total. The molecule has 0 atom stereocenters. The Morgan fingerprint density at radius 1 is 1.16 bits per heavy atom. The predicted molar refractivity (Wildman–Crippen MR) is 120 cm³/mol. The first kappa shape index (κ1) is 21.5. The number of aromatic nitrogens is 1. The van der Waals surface area contributed by atoms with E-state index in [0.29, 0.717) is 29.8 Å². The molecule has 0 fully saturated rings. The average molecular weight is 462 g/mol. The highest BCUT2D eigenvalue weighted by Crippen LogP contribution is 2.33. The number of thiazole rings is 1. The van der Waals surface area contributed by atoms with Gasteiger partial charge in [0.2, 0.25) is 15.9 Å². The molecular weight excluding hydrogens is 438 g/mol. The van der Waals surface area contributed by atoms with Crippen LogP contribution in [0.1, 0.15) is 17.5 Å². The molecule has 31 heavy (non-hydrogen) atoms. The molecule has 1 amide bonds. The molecule has 0 bridgehead atoms. The molecule has 3 aromatic rings. The van der Waals surface area contributed by atoms with Gasteiger partial charge in [0.25, 0.3) is 0 Å². The summed E-state index contributed by atoms with van der Waals surface area (Å²) in [5.74, 6) is 0.434. The minimum Gasteiger partial charge on any atom is -0.490 e. The maximum Gasteiger partial charge on any atom is 0.243 e. The summed E-state index contributed by atoms with van der Waals surface area (Å²) in [4.78, 5) is 17.0. The van der Waals surface area contributed by atoms with Crippen molar-refractivity contribution in [3.05, 3.63) is 41.5 Å². The van der Waals surface area contributed by atoms with Crippen LogP contribution in [0, 0.1) is 13.8 Å². The lowest BCUT2D eigenvalue weighted by atomic mass is 10.1. The van der Waals surface area contributed by atoms with Crippen molar-refractivity contribution in [2.24, 2.45) is 0 Å². The van der Waals surface area contributed by atoms with Crippen LogP contribution in [0.15, 0.2) is 35.2 Å². The van der Waals surface area contributed by atoms with Crippen molar-refractivity contribution in [3.63, 3.8) is 0 Å². The fraction of sp³-hybridized carbons (Fsp3) is 0.333. The minimum atomic E-state index is -3.89. The standard InChI is InChI=1S/C21H23N3O5S2/c1-13-9-14(2)20-18(10-13)30-21(23-20)22-19(25)12-24(3)31(26,27)15-5-6-16-17(11-15)29-8-4-7-28-16/h5-6,9-11H,4,7-8,12H2,1-3H3,(H,22,23,25). The molecule has 0 unspecified atom stereocenters. The van der Waals surface area contributed by atoms with E-state index in [2.05, 4.69) is 10.3 Å². The molecule has 1 aromatic heterocycles. The Morgan fingerprint density at radius 3 is 2.68 bits per heavy atom. The van der Waals surface area contributed by atoms with E-state index in [1.165, 1.54) is 30.5 Å². The van der Waals surface area contributed by atoms with Gasteiger partial charge in [0, 0.05) is 19.5 Å². The molecule has 2 aromatic carbocycles. The van der Waals surface area contributed by atoms with Crippen LogP contribution >= 0.6 is 11.3 Å². The zero-order valence-electron chi connectivity index (χ0n) is 17.5. The third kappa shape index (κ3) is 4.51. The largest absolute Gasteiger partial charge is 0.490 e. The molecule has 4 rings (SSSR count). The summed E-state index contributed by atoms with van der Waals surface area (Å²) in [7, 11) is -2.52. The van der Waals surface area contributed by atoms with Crippen LogP contribution in [0.5, 0.6) is 11.5 Å². The fourth-order valence-electron chi connectivity index (χ4n) is 3.35. The van der Waals surface area contributed by atoms with Gasteiger partial charge in [-0.15, -0.1) is 0 Å². The van der Waals surface area contributed by atoms with E-state index in [0.717, 1.165) is 32.1 Å². The number of ether oxygens (including phenoxy) is 2. The fourth-order valence-corrected chi connectivity index (χ4v) is 5.56. The lowest BCUT2D eigenvalue weighted by Crippen LogP contribution is -2.35. The minimum absolute atomic E-state index is 0.0399. The summed E-state index contributed by atoms with van der Waals surface area (Å²) in [5.41, 5.74) is 2.98. The second-order valence-electron chi connectivity index (χ2n) is 7.42. The van der Waals surface area contributed by atoms with Crippen molar-refractivity contribution in [1.29, 1.82) is 0 Å². The second-order valence-corrected chi connectivity index (χ2v) is 10.5. The number of benzene rings is 2.